The number of anilines is 2. The van der Waals surface area contributed by atoms with Gasteiger partial charge in [-0.15, -0.1) is 24.0 Å². The molecule has 30 heavy (non-hydrogen) atoms. The van der Waals surface area contributed by atoms with Crippen LogP contribution in [0.2, 0.25) is 0 Å². The summed E-state index contributed by atoms with van der Waals surface area (Å²) in [4.78, 5) is 31.3. The lowest BCUT2D eigenvalue weighted by atomic mass is 10.2. The highest BCUT2D eigenvalue weighted by atomic mass is 127. The third-order valence-corrected chi connectivity index (χ3v) is 6.07. The van der Waals surface area contributed by atoms with Gasteiger partial charge in [-0.25, -0.2) is 4.90 Å². The molecule has 1 unspecified atom stereocenters. The topological polar surface area (TPSA) is 91.1 Å². The van der Waals surface area contributed by atoms with Crippen molar-refractivity contribution in [3.8, 4) is 0 Å². The van der Waals surface area contributed by atoms with Crippen molar-refractivity contribution < 1.29 is 9.72 Å². The molecule has 0 saturated carbocycles. The van der Waals surface area contributed by atoms with Crippen LogP contribution in [0, 0.1) is 10.1 Å². The number of nitro benzene ring substituents is 1. The molecular weight excluding hydrogens is 537 g/mol. The van der Waals surface area contributed by atoms with Gasteiger partial charge in [0, 0.05) is 36.6 Å². The number of hydrogen-bond acceptors (Lipinski definition) is 8. The second-order valence-corrected chi connectivity index (χ2v) is 8.23. The van der Waals surface area contributed by atoms with E-state index in [0.29, 0.717) is 29.9 Å². The number of thiocarbonyl (C=S) groups is 1. The summed E-state index contributed by atoms with van der Waals surface area (Å²) in [5.41, 5.74) is 1.66. The minimum Gasteiger partial charge on any atom is -0.354 e. The van der Waals surface area contributed by atoms with Crippen molar-refractivity contribution in [2.45, 2.75) is 5.25 Å². The summed E-state index contributed by atoms with van der Waals surface area (Å²) in [6, 6.07) is 15.9. The van der Waals surface area contributed by atoms with Crippen LogP contribution >= 0.6 is 48.0 Å². The van der Waals surface area contributed by atoms with E-state index in [0.717, 1.165) is 11.4 Å². The molecule has 2 heterocycles. The van der Waals surface area contributed by atoms with Crippen molar-refractivity contribution in [1.29, 1.82) is 0 Å². The minimum absolute atomic E-state index is 0. The molecule has 2 aliphatic heterocycles. The number of nitro groups is 1. The van der Waals surface area contributed by atoms with Gasteiger partial charge in [-0.05, 0) is 24.3 Å². The summed E-state index contributed by atoms with van der Waals surface area (Å²) in [5.74, 6) is 0.396. The molecule has 156 valence electrons. The Labute approximate surface area is 199 Å². The molecule has 0 spiro atoms. The molecule has 0 bridgehead atoms. The van der Waals surface area contributed by atoms with Gasteiger partial charge in [0.05, 0.1) is 11.5 Å². The van der Waals surface area contributed by atoms with Crippen molar-refractivity contribution in [3.05, 3.63) is 64.7 Å². The Morgan fingerprint density at radius 1 is 1.20 bits per heavy atom. The Morgan fingerprint density at radius 2 is 1.87 bits per heavy atom. The number of para-hydroxylation sites is 1. The first kappa shape index (κ1) is 22.4. The average Bonchev–Trinajstić information content (AvgIpc) is 3.34. The summed E-state index contributed by atoms with van der Waals surface area (Å²) < 4.78 is 0.477. The smallest absolute Gasteiger partial charge is 0.269 e. The number of aliphatic imine (C=N–C) groups is 1. The van der Waals surface area contributed by atoms with E-state index in [1.54, 1.807) is 12.1 Å². The second-order valence-electron chi connectivity index (χ2n) is 6.40. The third-order valence-electron chi connectivity index (χ3n) is 4.58. The van der Waals surface area contributed by atoms with Gasteiger partial charge in [0.2, 0.25) is 11.9 Å². The van der Waals surface area contributed by atoms with Crippen LogP contribution in [0.25, 0.3) is 0 Å². The van der Waals surface area contributed by atoms with Crippen LogP contribution in [0.5, 0.6) is 0 Å². The van der Waals surface area contributed by atoms with Gasteiger partial charge in [0.25, 0.3) is 5.69 Å². The largest absolute Gasteiger partial charge is 0.354 e. The number of benzene rings is 2. The fourth-order valence-electron chi connectivity index (χ4n) is 3.19. The molecule has 1 amide bonds. The number of thioether (sulfide) groups is 1. The second kappa shape index (κ2) is 9.71. The molecule has 0 aliphatic carbocycles. The molecule has 1 N–H and O–H groups in total. The van der Waals surface area contributed by atoms with E-state index in [4.69, 9.17) is 12.2 Å². The highest BCUT2D eigenvalue weighted by molar-refractivity contribution is 14.0. The average molecular weight is 555 g/mol. The number of carbonyl (C=O) groups is 1. The maximum absolute atomic E-state index is 13.0. The van der Waals surface area contributed by atoms with Crippen molar-refractivity contribution in [2.24, 2.45) is 4.99 Å². The summed E-state index contributed by atoms with van der Waals surface area (Å²) in [6.45, 7) is 1.68. The molecule has 0 aromatic heterocycles. The van der Waals surface area contributed by atoms with E-state index in [1.165, 1.54) is 28.8 Å². The van der Waals surface area contributed by atoms with Gasteiger partial charge in [-0.3, -0.25) is 19.9 Å². The van der Waals surface area contributed by atoms with Crippen LogP contribution < -0.4 is 10.2 Å². The fraction of sp³-hybridized carbons (Fsp3) is 0.211. The Balaban J connectivity index is 0.00000256. The lowest BCUT2D eigenvalue weighted by molar-refractivity contribution is -0.384. The third kappa shape index (κ3) is 4.57. The quantitative estimate of drug-likeness (QED) is 0.261. The number of nitrogens with one attached hydrogen (secondary N) is 1. The number of halogens is 1. The lowest BCUT2D eigenvalue weighted by Crippen LogP contribution is -2.44. The molecule has 0 radical (unpaired) electrons. The first-order chi connectivity index (χ1) is 14.0. The molecule has 8 nitrogen and oxygen atoms in total. The highest BCUT2D eigenvalue weighted by Crippen LogP contribution is 2.33. The zero-order valence-electron chi connectivity index (χ0n) is 15.6. The normalized spacial score (nSPS) is 17.9. The predicted molar refractivity (Wildman–Crippen MR) is 133 cm³/mol. The molecule has 4 rings (SSSR count). The number of guanidine groups is 1. The van der Waals surface area contributed by atoms with E-state index in [1.807, 2.05) is 35.2 Å². The van der Waals surface area contributed by atoms with Crippen molar-refractivity contribution in [2.75, 3.05) is 24.5 Å². The van der Waals surface area contributed by atoms with Gasteiger partial charge in [-0.2, -0.15) is 0 Å². The van der Waals surface area contributed by atoms with Crippen LogP contribution in [-0.2, 0) is 4.79 Å². The van der Waals surface area contributed by atoms with E-state index in [-0.39, 0.29) is 35.6 Å². The van der Waals surface area contributed by atoms with Crippen LogP contribution in [0.3, 0.4) is 0 Å². The van der Waals surface area contributed by atoms with Gasteiger partial charge in [-0.1, -0.05) is 42.2 Å². The first-order valence-electron chi connectivity index (χ1n) is 8.94. The number of hydrogen-bond donors (Lipinski definition) is 1. The number of rotatable bonds is 5. The van der Waals surface area contributed by atoms with Crippen LogP contribution in [-0.4, -0.2) is 50.9 Å². The van der Waals surface area contributed by atoms with Gasteiger partial charge in [0.15, 0.2) is 4.32 Å². The maximum Gasteiger partial charge on any atom is 0.269 e. The van der Waals surface area contributed by atoms with E-state index >= 15 is 0 Å². The Kier molecular flexibility index (Phi) is 7.26. The Hall–Kier alpha value is -2.25. The molecule has 1 fully saturated rings. The molecule has 2 aliphatic rings. The van der Waals surface area contributed by atoms with Crippen LogP contribution in [0.1, 0.15) is 0 Å². The number of nitrogens with zero attached hydrogens (tertiary/aromatic N) is 4. The van der Waals surface area contributed by atoms with Crippen molar-refractivity contribution in [3.63, 3.8) is 0 Å². The Morgan fingerprint density at radius 3 is 2.47 bits per heavy atom. The number of carbonyl (C=O) groups excluding carboxylic acids is 1. The first-order valence-corrected chi connectivity index (χ1v) is 10.2. The SMILES string of the molecule is I.O=C1C(CN(c2ccccc2)c2ccc([N+](=O)[O-])cc2)SC(=S)N1C1=NCCN1. The lowest BCUT2D eigenvalue weighted by Gasteiger charge is -2.27. The fourth-order valence-corrected chi connectivity index (χ4v) is 4.67. The Bertz CT molecular complexity index is 987. The van der Waals surface area contributed by atoms with Gasteiger partial charge >= 0.3 is 0 Å². The molecule has 2 aromatic rings. The molecule has 11 heteroatoms. The predicted octanol–water partition coefficient (Wildman–Crippen LogP) is 3.54. The maximum atomic E-state index is 13.0. The van der Waals surface area contributed by atoms with E-state index in [2.05, 4.69) is 10.3 Å². The number of non-ortho nitro benzene ring substituents is 1. The van der Waals surface area contributed by atoms with E-state index in [9.17, 15) is 14.9 Å². The van der Waals surface area contributed by atoms with Crippen LogP contribution in [0.15, 0.2) is 59.6 Å². The summed E-state index contributed by atoms with van der Waals surface area (Å²) >= 11 is 6.75. The van der Waals surface area contributed by atoms with Gasteiger partial charge < -0.3 is 10.2 Å². The molecular formula is C19H18IN5O3S2. The molecule has 2 aromatic carbocycles. The summed E-state index contributed by atoms with van der Waals surface area (Å²) in [7, 11) is 0. The number of amides is 1. The molecule has 1 saturated heterocycles. The molecule has 1 atom stereocenters. The zero-order valence-corrected chi connectivity index (χ0v) is 19.6. The monoisotopic (exact) mass is 555 g/mol. The van der Waals surface area contributed by atoms with Gasteiger partial charge in [0.1, 0.15) is 5.25 Å². The zero-order chi connectivity index (χ0) is 20.4. The van der Waals surface area contributed by atoms with Crippen LogP contribution in [0.4, 0.5) is 17.1 Å². The standard InChI is InChI=1S/C19H17N5O3S2.HI/c25-17-16(29-19(28)23(17)18-20-10-11-21-18)12-22(13-4-2-1-3-5-13)14-6-8-15(9-7-14)24(26)27;/h1-9,16H,10-12H2,(H,20,21);1H. The van der Waals surface area contributed by atoms with Crippen molar-refractivity contribution in [1.82, 2.24) is 10.2 Å². The summed E-state index contributed by atoms with van der Waals surface area (Å²) in [5, 5.41) is 13.7. The minimum atomic E-state index is -0.432. The van der Waals surface area contributed by atoms with E-state index < -0.39 is 10.2 Å². The highest BCUT2D eigenvalue weighted by Gasteiger charge is 2.41. The summed E-state index contributed by atoms with van der Waals surface area (Å²) in [6.07, 6.45) is 0. The van der Waals surface area contributed by atoms with Crippen molar-refractivity contribution >= 4 is 81.2 Å².